The average molecular weight is 554 g/mol. The van der Waals surface area contributed by atoms with Gasteiger partial charge in [0.1, 0.15) is 18.0 Å². The van der Waals surface area contributed by atoms with E-state index in [0.717, 1.165) is 68.8 Å². The number of amides is 1. The SMILES string of the molecule is C=CC(=O)Nc1cc2c(Nc3ccnc(-c4ccccc4F)c3)ncnc2cc1N1CCC(N2CCOCC2)CC1. The van der Waals surface area contributed by atoms with E-state index in [9.17, 15) is 9.18 Å². The topological polar surface area (TPSA) is 95.5 Å². The highest BCUT2D eigenvalue weighted by Gasteiger charge is 2.27. The molecule has 2 aliphatic rings. The minimum Gasteiger partial charge on any atom is -0.379 e. The van der Waals surface area contributed by atoms with E-state index in [1.165, 1.54) is 18.5 Å². The summed E-state index contributed by atoms with van der Waals surface area (Å²) >= 11 is 0. The number of nitrogens with one attached hydrogen (secondary N) is 2. The zero-order chi connectivity index (χ0) is 28.2. The lowest BCUT2D eigenvalue weighted by molar-refractivity contribution is -0.111. The molecule has 2 saturated heterocycles. The molecule has 0 aliphatic carbocycles. The van der Waals surface area contributed by atoms with Gasteiger partial charge in [-0.3, -0.25) is 14.7 Å². The second-order valence-corrected chi connectivity index (χ2v) is 10.2. The van der Waals surface area contributed by atoms with Crippen molar-refractivity contribution in [3.63, 3.8) is 0 Å². The predicted molar refractivity (Wildman–Crippen MR) is 159 cm³/mol. The van der Waals surface area contributed by atoms with Crippen LogP contribution in [0.4, 0.5) is 27.3 Å². The van der Waals surface area contributed by atoms with E-state index in [-0.39, 0.29) is 11.7 Å². The lowest BCUT2D eigenvalue weighted by Crippen LogP contribution is -2.49. The van der Waals surface area contributed by atoms with Gasteiger partial charge < -0.3 is 20.3 Å². The number of halogens is 1. The first-order chi connectivity index (χ1) is 20.1. The predicted octanol–water partition coefficient (Wildman–Crippen LogP) is 5.00. The Balaban J connectivity index is 1.30. The molecule has 10 heteroatoms. The summed E-state index contributed by atoms with van der Waals surface area (Å²) in [6, 6.07) is 14.6. The van der Waals surface area contributed by atoms with Gasteiger partial charge in [0.05, 0.1) is 35.8 Å². The van der Waals surface area contributed by atoms with Crippen LogP contribution in [0.2, 0.25) is 0 Å². The van der Waals surface area contributed by atoms with E-state index < -0.39 is 0 Å². The minimum atomic E-state index is -0.339. The Morgan fingerprint density at radius 3 is 2.61 bits per heavy atom. The molecular formula is C31H32FN7O2. The van der Waals surface area contributed by atoms with Crippen molar-refractivity contribution >= 4 is 39.7 Å². The summed E-state index contributed by atoms with van der Waals surface area (Å²) in [5.74, 6) is -0.0649. The molecule has 2 aromatic heterocycles. The number of nitrogens with zero attached hydrogens (tertiary/aromatic N) is 5. The Morgan fingerprint density at radius 2 is 1.83 bits per heavy atom. The molecular weight excluding hydrogens is 521 g/mol. The Kier molecular flexibility index (Phi) is 7.84. The number of rotatable bonds is 7. The standard InChI is InChI=1S/C31H32FN7O2/c1-2-30(40)37-28-18-24-27(19-29(28)39-11-8-22(9-12-39)38-13-15-41-16-14-38)34-20-35-31(24)36-21-7-10-33-26(17-21)23-5-3-4-6-25(23)32/h2-7,10,17-20,22H,1,8-9,11-16H2,(H,37,40)(H,33,34,35,36). The van der Waals surface area contributed by atoms with Gasteiger partial charge in [0, 0.05) is 55.1 Å². The number of ether oxygens (including phenoxy) is 1. The molecule has 6 rings (SSSR count). The lowest BCUT2D eigenvalue weighted by Gasteiger charge is -2.41. The largest absolute Gasteiger partial charge is 0.379 e. The van der Waals surface area contributed by atoms with Gasteiger partial charge >= 0.3 is 0 Å². The maximum absolute atomic E-state index is 14.4. The van der Waals surface area contributed by atoms with Gasteiger partial charge in [0.2, 0.25) is 5.91 Å². The highest BCUT2D eigenvalue weighted by atomic mass is 19.1. The number of piperidine rings is 1. The summed E-state index contributed by atoms with van der Waals surface area (Å²) in [5, 5.41) is 7.07. The van der Waals surface area contributed by atoms with Gasteiger partial charge in [-0.1, -0.05) is 18.7 Å². The van der Waals surface area contributed by atoms with E-state index >= 15 is 0 Å². The van der Waals surface area contributed by atoms with E-state index in [1.807, 2.05) is 12.1 Å². The third-order valence-electron chi connectivity index (χ3n) is 7.74. The number of benzene rings is 2. The molecule has 2 aromatic carbocycles. The molecule has 2 aliphatic heterocycles. The maximum Gasteiger partial charge on any atom is 0.247 e. The number of hydrogen-bond acceptors (Lipinski definition) is 8. The van der Waals surface area contributed by atoms with Crippen molar-refractivity contribution in [3.8, 4) is 11.3 Å². The van der Waals surface area contributed by atoms with Crippen LogP contribution in [-0.4, -0.2) is 71.2 Å². The minimum absolute atomic E-state index is 0.288. The summed E-state index contributed by atoms with van der Waals surface area (Å²) in [4.78, 5) is 30.7. The van der Waals surface area contributed by atoms with Crippen LogP contribution < -0.4 is 15.5 Å². The fraction of sp³-hybridized carbons (Fsp3) is 0.290. The first-order valence-corrected chi connectivity index (χ1v) is 13.9. The monoisotopic (exact) mass is 553 g/mol. The van der Waals surface area contributed by atoms with Gasteiger partial charge in [-0.05, 0) is 55.3 Å². The van der Waals surface area contributed by atoms with E-state index in [4.69, 9.17) is 4.74 Å². The van der Waals surface area contributed by atoms with Crippen molar-refractivity contribution in [2.45, 2.75) is 18.9 Å². The molecule has 4 aromatic rings. The Morgan fingerprint density at radius 1 is 1.02 bits per heavy atom. The van der Waals surface area contributed by atoms with Gasteiger partial charge in [-0.2, -0.15) is 0 Å². The first kappa shape index (κ1) is 26.8. The van der Waals surface area contributed by atoms with Gasteiger partial charge in [-0.25, -0.2) is 14.4 Å². The molecule has 0 radical (unpaired) electrons. The Bertz CT molecular complexity index is 1570. The number of pyridine rings is 1. The molecule has 4 heterocycles. The summed E-state index contributed by atoms with van der Waals surface area (Å²) in [6.07, 6.45) is 6.48. The molecule has 0 bridgehead atoms. The summed E-state index contributed by atoms with van der Waals surface area (Å²) in [6.45, 7) is 8.92. The lowest BCUT2D eigenvalue weighted by atomic mass is 10.0. The number of carbonyl (C=O) groups excluding carboxylic acids is 1. The second kappa shape index (κ2) is 12.0. The normalized spacial score (nSPS) is 16.5. The number of fused-ring (bicyclic) bond motifs is 1. The quantitative estimate of drug-likeness (QED) is 0.309. The van der Waals surface area contributed by atoms with Crippen molar-refractivity contribution in [3.05, 3.63) is 79.5 Å². The van der Waals surface area contributed by atoms with E-state index in [1.54, 1.807) is 36.5 Å². The van der Waals surface area contributed by atoms with Crippen LogP contribution in [0.15, 0.2) is 73.7 Å². The van der Waals surface area contributed by atoms with Gasteiger partial charge in [0.15, 0.2) is 0 Å². The van der Waals surface area contributed by atoms with Crippen LogP contribution in [0, 0.1) is 5.82 Å². The molecule has 210 valence electrons. The van der Waals surface area contributed by atoms with Crippen molar-refractivity contribution in [2.75, 3.05) is 54.9 Å². The second-order valence-electron chi connectivity index (χ2n) is 10.2. The summed E-state index contributed by atoms with van der Waals surface area (Å²) in [7, 11) is 0. The number of aromatic nitrogens is 3. The molecule has 2 fully saturated rings. The zero-order valence-electron chi connectivity index (χ0n) is 22.7. The third-order valence-corrected chi connectivity index (χ3v) is 7.74. The number of morpholine rings is 1. The Hall–Kier alpha value is -4.41. The highest BCUT2D eigenvalue weighted by Crippen LogP contribution is 2.36. The molecule has 0 spiro atoms. The first-order valence-electron chi connectivity index (χ1n) is 13.9. The van der Waals surface area contributed by atoms with Crippen LogP contribution in [-0.2, 0) is 9.53 Å². The summed E-state index contributed by atoms with van der Waals surface area (Å²) in [5.41, 5.74) is 3.96. The molecule has 0 saturated carbocycles. The van der Waals surface area contributed by atoms with Crippen LogP contribution in [0.1, 0.15) is 12.8 Å². The average Bonchev–Trinajstić information content (AvgIpc) is 3.02. The van der Waals surface area contributed by atoms with Gasteiger partial charge in [-0.15, -0.1) is 0 Å². The molecule has 41 heavy (non-hydrogen) atoms. The summed E-state index contributed by atoms with van der Waals surface area (Å²) < 4.78 is 19.9. The van der Waals surface area contributed by atoms with E-state index in [2.05, 4.69) is 42.0 Å². The van der Waals surface area contributed by atoms with Gasteiger partial charge in [0.25, 0.3) is 0 Å². The number of anilines is 4. The zero-order valence-corrected chi connectivity index (χ0v) is 22.7. The molecule has 0 unspecified atom stereocenters. The van der Waals surface area contributed by atoms with E-state index in [0.29, 0.717) is 34.5 Å². The molecule has 2 N–H and O–H groups in total. The number of hydrogen-bond donors (Lipinski definition) is 2. The Labute approximate surface area is 238 Å². The smallest absolute Gasteiger partial charge is 0.247 e. The molecule has 9 nitrogen and oxygen atoms in total. The number of carbonyl (C=O) groups is 1. The highest BCUT2D eigenvalue weighted by molar-refractivity contribution is 6.05. The third kappa shape index (κ3) is 5.89. The molecule has 0 atom stereocenters. The maximum atomic E-state index is 14.4. The van der Waals surface area contributed by atoms with Crippen LogP contribution in [0.5, 0.6) is 0 Å². The van der Waals surface area contributed by atoms with Crippen LogP contribution in [0.3, 0.4) is 0 Å². The van der Waals surface area contributed by atoms with Crippen molar-refractivity contribution in [2.24, 2.45) is 0 Å². The van der Waals surface area contributed by atoms with Crippen LogP contribution in [0.25, 0.3) is 22.2 Å². The van der Waals surface area contributed by atoms with Crippen LogP contribution >= 0.6 is 0 Å². The van der Waals surface area contributed by atoms with Crippen molar-refractivity contribution < 1.29 is 13.9 Å². The van der Waals surface area contributed by atoms with Crippen molar-refractivity contribution in [1.82, 2.24) is 19.9 Å². The molecule has 1 amide bonds. The van der Waals surface area contributed by atoms with Crippen molar-refractivity contribution in [1.29, 1.82) is 0 Å². The fourth-order valence-electron chi connectivity index (χ4n) is 5.61. The fourth-order valence-corrected chi connectivity index (χ4v) is 5.61.